The summed E-state index contributed by atoms with van der Waals surface area (Å²) in [5, 5.41) is 13.7. The van der Waals surface area contributed by atoms with E-state index in [9.17, 15) is 9.59 Å². The molecule has 1 aliphatic rings. The second kappa shape index (κ2) is 9.68. The number of amides is 2. The van der Waals surface area contributed by atoms with E-state index in [1.54, 1.807) is 18.3 Å². The summed E-state index contributed by atoms with van der Waals surface area (Å²) in [4.78, 5) is 33.4. The van der Waals surface area contributed by atoms with Gasteiger partial charge in [-0.3, -0.25) is 14.7 Å². The molecule has 0 radical (unpaired) electrons. The summed E-state index contributed by atoms with van der Waals surface area (Å²) in [6.07, 6.45) is 7.38. The lowest BCUT2D eigenvalue weighted by molar-refractivity contribution is -0.126. The Kier molecular flexibility index (Phi) is 7.02. The SMILES string of the molecule is CSc1ncccc1C(=O)NC1CCC(C(=O)NCCc2n[nH]c(C)n2)CC1. The number of pyridine rings is 1. The van der Waals surface area contributed by atoms with E-state index in [1.807, 2.05) is 13.2 Å². The smallest absolute Gasteiger partial charge is 0.254 e. The van der Waals surface area contributed by atoms with Crippen molar-refractivity contribution in [3.8, 4) is 0 Å². The van der Waals surface area contributed by atoms with Gasteiger partial charge in [0.05, 0.1) is 5.56 Å². The van der Waals surface area contributed by atoms with Crippen LogP contribution in [0.3, 0.4) is 0 Å². The molecule has 0 bridgehead atoms. The lowest BCUT2D eigenvalue weighted by atomic mass is 9.85. The maximum absolute atomic E-state index is 12.5. The molecule has 150 valence electrons. The van der Waals surface area contributed by atoms with Gasteiger partial charge in [-0.15, -0.1) is 11.8 Å². The highest BCUT2D eigenvalue weighted by Gasteiger charge is 2.27. The number of H-pyrrole nitrogens is 1. The summed E-state index contributed by atoms with van der Waals surface area (Å²) in [5.74, 6) is 1.48. The van der Waals surface area contributed by atoms with Crippen LogP contribution in [0.4, 0.5) is 0 Å². The third-order valence-corrected chi connectivity index (χ3v) is 5.65. The van der Waals surface area contributed by atoms with Crippen molar-refractivity contribution in [3.63, 3.8) is 0 Å². The van der Waals surface area contributed by atoms with E-state index >= 15 is 0 Å². The molecule has 2 amide bonds. The quantitative estimate of drug-likeness (QED) is 0.610. The van der Waals surface area contributed by atoms with Crippen molar-refractivity contribution in [2.75, 3.05) is 12.8 Å². The van der Waals surface area contributed by atoms with Gasteiger partial charge < -0.3 is 10.6 Å². The van der Waals surface area contributed by atoms with Gasteiger partial charge in [-0.05, 0) is 51.0 Å². The summed E-state index contributed by atoms with van der Waals surface area (Å²) in [6.45, 7) is 2.38. The van der Waals surface area contributed by atoms with Gasteiger partial charge in [0.2, 0.25) is 5.91 Å². The number of aromatic amines is 1. The van der Waals surface area contributed by atoms with Crippen molar-refractivity contribution in [2.45, 2.75) is 50.1 Å². The van der Waals surface area contributed by atoms with Crippen LogP contribution in [0.15, 0.2) is 23.4 Å². The Morgan fingerprint density at radius 2 is 2.07 bits per heavy atom. The molecule has 0 unspecified atom stereocenters. The minimum absolute atomic E-state index is 0.00202. The summed E-state index contributed by atoms with van der Waals surface area (Å²) >= 11 is 1.46. The number of thioether (sulfide) groups is 1. The van der Waals surface area contributed by atoms with Crippen LogP contribution in [0.2, 0.25) is 0 Å². The fourth-order valence-electron chi connectivity index (χ4n) is 3.43. The normalized spacial score (nSPS) is 19.2. The van der Waals surface area contributed by atoms with Crippen molar-refractivity contribution in [1.29, 1.82) is 0 Å². The first-order chi connectivity index (χ1) is 13.6. The monoisotopic (exact) mass is 402 g/mol. The molecular formula is C19H26N6O2S. The third-order valence-electron chi connectivity index (χ3n) is 4.93. The van der Waals surface area contributed by atoms with E-state index < -0.39 is 0 Å². The number of carbonyl (C=O) groups is 2. The minimum Gasteiger partial charge on any atom is -0.355 e. The van der Waals surface area contributed by atoms with Crippen LogP contribution < -0.4 is 10.6 Å². The van der Waals surface area contributed by atoms with E-state index in [0.717, 1.165) is 36.5 Å². The summed E-state index contributed by atoms with van der Waals surface area (Å²) in [5.41, 5.74) is 0.608. The molecule has 2 aromatic heterocycles. The summed E-state index contributed by atoms with van der Waals surface area (Å²) < 4.78 is 0. The average Bonchev–Trinajstić information content (AvgIpc) is 3.13. The lowest BCUT2D eigenvalue weighted by Gasteiger charge is -2.28. The standard InChI is InChI=1S/C19H26N6O2S/c1-12-22-16(25-24-12)9-11-20-17(26)13-5-7-14(8-6-13)23-18(27)15-4-3-10-21-19(15)28-2/h3-4,10,13-14H,5-9,11H2,1-2H3,(H,20,26)(H,23,27)(H,22,24,25). The maximum atomic E-state index is 12.5. The molecule has 2 heterocycles. The Hall–Kier alpha value is -2.42. The van der Waals surface area contributed by atoms with Gasteiger partial charge in [0.15, 0.2) is 5.82 Å². The molecule has 0 spiro atoms. The number of carbonyl (C=O) groups excluding carboxylic acids is 2. The number of aromatic nitrogens is 4. The van der Waals surface area contributed by atoms with Gasteiger partial charge in [0.1, 0.15) is 10.9 Å². The molecule has 28 heavy (non-hydrogen) atoms. The molecule has 0 saturated heterocycles. The predicted octanol–water partition coefficient (Wildman–Crippen LogP) is 1.88. The molecule has 3 N–H and O–H groups in total. The zero-order valence-corrected chi connectivity index (χ0v) is 17.0. The topological polar surface area (TPSA) is 113 Å². The molecular weight excluding hydrogens is 376 g/mol. The first-order valence-electron chi connectivity index (χ1n) is 9.52. The van der Waals surface area contributed by atoms with Gasteiger partial charge in [-0.2, -0.15) is 5.10 Å². The van der Waals surface area contributed by atoms with Gasteiger partial charge in [0.25, 0.3) is 5.91 Å². The van der Waals surface area contributed by atoms with Gasteiger partial charge in [-0.1, -0.05) is 0 Å². The Bertz CT molecular complexity index is 816. The maximum Gasteiger partial charge on any atom is 0.254 e. The van der Waals surface area contributed by atoms with Gasteiger partial charge in [-0.25, -0.2) is 9.97 Å². The zero-order chi connectivity index (χ0) is 19.9. The zero-order valence-electron chi connectivity index (χ0n) is 16.2. The van der Waals surface area contributed by atoms with Crippen molar-refractivity contribution < 1.29 is 9.59 Å². The van der Waals surface area contributed by atoms with Crippen LogP contribution in [-0.2, 0) is 11.2 Å². The Balaban J connectivity index is 1.41. The molecule has 2 aromatic rings. The largest absolute Gasteiger partial charge is 0.355 e. The molecule has 0 atom stereocenters. The number of aryl methyl sites for hydroxylation is 1. The lowest BCUT2D eigenvalue weighted by Crippen LogP contribution is -2.41. The minimum atomic E-state index is -0.0906. The molecule has 1 aliphatic carbocycles. The van der Waals surface area contributed by atoms with Crippen molar-refractivity contribution in [3.05, 3.63) is 35.5 Å². The van der Waals surface area contributed by atoms with Crippen LogP contribution in [-0.4, -0.2) is 50.8 Å². The van der Waals surface area contributed by atoms with E-state index in [1.165, 1.54) is 11.8 Å². The van der Waals surface area contributed by atoms with Crippen molar-refractivity contribution in [2.24, 2.45) is 5.92 Å². The van der Waals surface area contributed by atoms with E-state index in [0.29, 0.717) is 24.4 Å². The first kappa shape index (κ1) is 20.3. The molecule has 8 nitrogen and oxygen atoms in total. The van der Waals surface area contributed by atoms with E-state index in [4.69, 9.17) is 0 Å². The third kappa shape index (κ3) is 5.31. The number of rotatable bonds is 7. The highest BCUT2D eigenvalue weighted by molar-refractivity contribution is 7.98. The molecule has 1 saturated carbocycles. The fraction of sp³-hybridized carbons (Fsp3) is 0.526. The van der Waals surface area contributed by atoms with Gasteiger partial charge in [0, 0.05) is 31.1 Å². The molecule has 1 fully saturated rings. The highest BCUT2D eigenvalue weighted by atomic mass is 32.2. The Morgan fingerprint density at radius 1 is 1.29 bits per heavy atom. The fourth-order valence-corrected chi connectivity index (χ4v) is 3.98. The predicted molar refractivity (Wildman–Crippen MR) is 107 cm³/mol. The van der Waals surface area contributed by atoms with Crippen LogP contribution in [0.25, 0.3) is 0 Å². The summed E-state index contributed by atoms with van der Waals surface area (Å²) in [7, 11) is 0. The first-order valence-corrected chi connectivity index (χ1v) is 10.7. The Morgan fingerprint density at radius 3 is 2.75 bits per heavy atom. The average molecular weight is 403 g/mol. The Labute approximate surface area is 168 Å². The molecule has 9 heteroatoms. The van der Waals surface area contributed by atoms with E-state index in [-0.39, 0.29) is 23.8 Å². The summed E-state index contributed by atoms with van der Waals surface area (Å²) in [6, 6.07) is 3.67. The van der Waals surface area contributed by atoms with Gasteiger partial charge >= 0.3 is 0 Å². The molecule has 3 rings (SSSR count). The molecule has 0 aromatic carbocycles. The second-order valence-corrected chi connectivity index (χ2v) is 7.76. The number of nitrogens with one attached hydrogen (secondary N) is 3. The van der Waals surface area contributed by atoms with E-state index in [2.05, 4.69) is 30.8 Å². The molecule has 0 aliphatic heterocycles. The number of hydrogen-bond donors (Lipinski definition) is 3. The number of nitrogens with zero attached hydrogens (tertiary/aromatic N) is 3. The van der Waals surface area contributed by atoms with Crippen LogP contribution >= 0.6 is 11.8 Å². The highest BCUT2D eigenvalue weighted by Crippen LogP contribution is 2.25. The van der Waals surface area contributed by atoms with Crippen molar-refractivity contribution >= 4 is 23.6 Å². The second-order valence-electron chi connectivity index (χ2n) is 6.96. The van der Waals surface area contributed by atoms with Crippen LogP contribution in [0.1, 0.15) is 47.7 Å². The van der Waals surface area contributed by atoms with Crippen LogP contribution in [0.5, 0.6) is 0 Å². The van der Waals surface area contributed by atoms with Crippen molar-refractivity contribution in [1.82, 2.24) is 30.8 Å². The number of hydrogen-bond acceptors (Lipinski definition) is 6. The van der Waals surface area contributed by atoms with Crippen LogP contribution in [0, 0.1) is 12.8 Å².